The first-order valence-electron chi connectivity index (χ1n) is 9.60. The van der Waals surface area contributed by atoms with E-state index in [0.717, 1.165) is 19.9 Å². The standard InChI is InChI=1S/C23H22BrFN2O3S/c1-17(19-9-13-21(25)14-10-19)26-23(28)16-27(15-18-7-11-20(24)12-8-18)31(29,30)22-5-3-2-4-6-22/h2-14,17H,15-16H2,1H3,(H,26,28)/t17-/m0/s1. The molecule has 0 saturated carbocycles. The van der Waals surface area contributed by atoms with Crippen LogP contribution in [0.15, 0.2) is 88.2 Å². The lowest BCUT2D eigenvalue weighted by Crippen LogP contribution is -2.41. The van der Waals surface area contributed by atoms with E-state index < -0.39 is 22.0 Å². The third-order valence-electron chi connectivity index (χ3n) is 4.72. The van der Waals surface area contributed by atoms with Crippen LogP contribution in [-0.4, -0.2) is 25.2 Å². The van der Waals surface area contributed by atoms with Crippen LogP contribution in [0.25, 0.3) is 0 Å². The van der Waals surface area contributed by atoms with Gasteiger partial charge in [-0.2, -0.15) is 4.31 Å². The predicted molar refractivity (Wildman–Crippen MR) is 121 cm³/mol. The third kappa shape index (κ3) is 6.22. The summed E-state index contributed by atoms with van der Waals surface area (Å²) >= 11 is 3.36. The summed E-state index contributed by atoms with van der Waals surface area (Å²) in [5, 5.41) is 2.79. The number of nitrogens with one attached hydrogen (secondary N) is 1. The summed E-state index contributed by atoms with van der Waals surface area (Å²) in [6, 6.07) is 20.7. The van der Waals surface area contributed by atoms with Crippen LogP contribution in [0.1, 0.15) is 24.1 Å². The molecule has 0 aliphatic carbocycles. The Hall–Kier alpha value is -2.55. The van der Waals surface area contributed by atoms with Crippen molar-refractivity contribution in [2.24, 2.45) is 0 Å². The van der Waals surface area contributed by atoms with Crippen LogP contribution in [-0.2, 0) is 21.4 Å². The van der Waals surface area contributed by atoms with Crippen molar-refractivity contribution in [2.45, 2.75) is 24.4 Å². The fourth-order valence-corrected chi connectivity index (χ4v) is 4.71. The average molecular weight is 505 g/mol. The highest BCUT2D eigenvalue weighted by molar-refractivity contribution is 9.10. The molecule has 0 saturated heterocycles. The second kappa shape index (κ2) is 10.2. The van der Waals surface area contributed by atoms with E-state index in [9.17, 15) is 17.6 Å². The minimum absolute atomic E-state index is 0.0445. The first-order valence-corrected chi connectivity index (χ1v) is 11.8. The van der Waals surface area contributed by atoms with Crippen molar-refractivity contribution in [3.05, 3.63) is 100 Å². The zero-order valence-electron chi connectivity index (χ0n) is 16.8. The van der Waals surface area contributed by atoms with Gasteiger partial charge in [-0.15, -0.1) is 0 Å². The predicted octanol–water partition coefficient (Wildman–Crippen LogP) is 4.66. The Morgan fingerprint density at radius 1 is 1.00 bits per heavy atom. The molecule has 31 heavy (non-hydrogen) atoms. The number of benzene rings is 3. The molecule has 0 unspecified atom stereocenters. The first-order chi connectivity index (χ1) is 14.8. The fraction of sp³-hybridized carbons (Fsp3) is 0.174. The van der Waals surface area contributed by atoms with Gasteiger partial charge in [-0.05, 0) is 54.4 Å². The number of nitrogens with zero attached hydrogens (tertiary/aromatic N) is 1. The van der Waals surface area contributed by atoms with Crippen molar-refractivity contribution >= 4 is 31.9 Å². The largest absolute Gasteiger partial charge is 0.348 e. The first kappa shape index (κ1) is 23.1. The number of hydrogen-bond acceptors (Lipinski definition) is 3. The van der Waals surface area contributed by atoms with Gasteiger partial charge in [0.25, 0.3) is 0 Å². The second-order valence-electron chi connectivity index (χ2n) is 7.05. The van der Waals surface area contributed by atoms with E-state index in [1.807, 2.05) is 12.1 Å². The molecule has 0 heterocycles. The molecular formula is C23H22BrFN2O3S. The van der Waals surface area contributed by atoms with E-state index >= 15 is 0 Å². The van der Waals surface area contributed by atoms with Gasteiger partial charge in [-0.1, -0.05) is 58.4 Å². The molecule has 0 radical (unpaired) electrons. The molecule has 0 aromatic heterocycles. The van der Waals surface area contributed by atoms with Crippen LogP contribution >= 0.6 is 15.9 Å². The molecule has 1 amide bonds. The van der Waals surface area contributed by atoms with Gasteiger partial charge in [0.05, 0.1) is 17.5 Å². The quantitative estimate of drug-likeness (QED) is 0.485. The molecule has 0 spiro atoms. The third-order valence-corrected chi connectivity index (χ3v) is 7.06. The molecule has 1 N–H and O–H groups in total. The Labute approximate surface area is 190 Å². The van der Waals surface area contributed by atoms with Gasteiger partial charge >= 0.3 is 0 Å². The highest BCUT2D eigenvalue weighted by Gasteiger charge is 2.27. The van der Waals surface area contributed by atoms with E-state index in [-0.39, 0.29) is 23.8 Å². The number of halogens is 2. The molecule has 3 rings (SSSR count). The Bertz CT molecular complexity index is 1120. The van der Waals surface area contributed by atoms with Gasteiger partial charge in [0.1, 0.15) is 5.82 Å². The molecule has 0 aliphatic heterocycles. The molecule has 0 bridgehead atoms. The van der Waals surface area contributed by atoms with Crippen molar-refractivity contribution in [3.63, 3.8) is 0 Å². The van der Waals surface area contributed by atoms with Crippen molar-refractivity contribution in [1.82, 2.24) is 9.62 Å². The van der Waals surface area contributed by atoms with Crippen molar-refractivity contribution < 1.29 is 17.6 Å². The Morgan fingerprint density at radius 3 is 2.23 bits per heavy atom. The van der Waals surface area contributed by atoms with Crippen molar-refractivity contribution in [2.75, 3.05) is 6.54 Å². The molecule has 0 aliphatic rings. The van der Waals surface area contributed by atoms with Gasteiger partial charge in [-0.25, -0.2) is 12.8 Å². The van der Waals surface area contributed by atoms with Crippen molar-refractivity contribution in [3.8, 4) is 0 Å². The van der Waals surface area contributed by atoms with Crippen LogP contribution in [0.3, 0.4) is 0 Å². The zero-order valence-corrected chi connectivity index (χ0v) is 19.2. The van der Waals surface area contributed by atoms with E-state index in [1.165, 1.54) is 24.3 Å². The lowest BCUT2D eigenvalue weighted by atomic mass is 10.1. The normalized spacial score (nSPS) is 12.5. The van der Waals surface area contributed by atoms with E-state index in [4.69, 9.17) is 0 Å². The monoisotopic (exact) mass is 504 g/mol. The summed E-state index contributed by atoms with van der Waals surface area (Å²) in [7, 11) is -3.90. The molecule has 1 atom stereocenters. The molecule has 3 aromatic carbocycles. The van der Waals surface area contributed by atoms with Crippen molar-refractivity contribution in [1.29, 1.82) is 0 Å². The van der Waals surface area contributed by atoms with Gasteiger partial charge < -0.3 is 5.32 Å². The summed E-state index contributed by atoms with van der Waals surface area (Å²) in [5.41, 5.74) is 1.47. The summed E-state index contributed by atoms with van der Waals surface area (Å²) in [6.07, 6.45) is 0. The minimum Gasteiger partial charge on any atom is -0.348 e. The molecule has 3 aromatic rings. The molecule has 0 fully saturated rings. The maximum absolute atomic E-state index is 13.2. The Kier molecular flexibility index (Phi) is 7.59. The molecule has 8 heteroatoms. The second-order valence-corrected chi connectivity index (χ2v) is 9.91. The van der Waals surface area contributed by atoms with Gasteiger partial charge in [0.2, 0.25) is 15.9 Å². The number of carbonyl (C=O) groups excluding carboxylic acids is 1. The molecular weight excluding hydrogens is 483 g/mol. The summed E-state index contributed by atoms with van der Waals surface area (Å²) in [5.74, 6) is -0.814. The minimum atomic E-state index is -3.90. The van der Waals surface area contributed by atoms with Gasteiger partial charge in [0.15, 0.2) is 0 Å². The maximum atomic E-state index is 13.2. The zero-order chi connectivity index (χ0) is 22.4. The highest BCUT2D eigenvalue weighted by Crippen LogP contribution is 2.20. The summed E-state index contributed by atoms with van der Waals surface area (Å²) in [6.45, 7) is 1.46. The number of rotatable bonds is 8. The number of hydrogen-bond donors (Lipinski definition) is 1. The number of amides is 1. The van der Waals surface area contributed by atoms with E-state index in [0.29, 0.717) is 0 Å². The number of sulfonamides is 1. The van der Waals surface area contributed by atoms with Crippen LogP contribution in [0.4, 0.5) is 4.39 Å². The highest BCUT2D eigenvalue weighted by atomic mass is 79.9. The lowest BCUT2D eigenvalue weighted by molar-refractivity contribution is -0.122. The molecule has 5 nitrogen and oxygen atoms in total. The van der Waals surface area contributed by atoms with Crippen LogP contribution in [0.2, 0.25) is 0 Å². The number of carbonyl (C=O) groups is 1. The SMILES string of the molecule is C[C@H](NC(=O)CN(Cc1ccc(Br)cc1)S(=O)(=O)c1ccccc1)c1ccc(F)cc1. The van der Waals surface area contributed by atoms with Gasteiger partial charge in [-0.3, -0.25) is 4.79 Å². The smallest absolute Gasteiger partial charge is 0.243 e. The van der Waals surface area contributed by atoms with Crippen LogP contribution in [0, 0.1) is 5.82 Å². The topological polar surface area (TPSA) is 66.5 Å². The van der Waals surface area contributed by atoms with E-state index in [1.54, 1.807) is 49.4 Å². The van der Waals surface area contributed by atoms with E-state index in [2.05, 4.69) is 21.2 Å². The average Bonchev–Trinajstić information content (AvgIpc) is 2.75. The summed E-state index contributed by atoms with van der Waals surface area (Å²) in [4.78, 5) is 12.8. The maximum Gasteiger partial charge on any atom is 0.243 e. The van der Waals surface area contributed by atoms with Crippen LogP contribution < -0.4 is 5.32 Å². The molecule has 162 valence electrons. The fourth-order valence-electron chi connectivity index (χ4n) is 3.04. The Morgan fingerprint density at radius 2 is 1.61 bits per heavy atom. The van der Waals surface area contributed by atoms with Gasteiger partial charge in [0, 0.05) is 11.0 Å². The van der Waals surface area contributed by atoms with Crippen LogP contribution in [0.5, 0.6) is 0 Å². The Balaban J connectivity index is 1.81. The lowest BCUT2D eigenvalue weighted by Gasteiger charge is -2.23. The summed E-state index contributed by atoms with van der Waals surface area (Å²) < 4.78 is 41.6.